The first-order chi connectivity index (χ1) is 9.29. The number of carbonyl (C=O) groups excluding carboxylic acids is 1. The molecule has 0 aliphatic rings. The molecule has 3 nitrogen and oxygen atoms in total. The lowest BCUT2D eigenvalue weighted by Crippen LogP contribution is -2.11. The summed E-state index contributed by atoms with van der Waals surface area (Å²) in [5, 5.41) is -0.481. The Morgan fingerprint density at radius 2 is 1.90 bits per heavy atom. The Labute approximate surface area is 117 Å². The van der Waals surface area contributed by atoms with Gasteiger partial charge in [-0.1, -0.05) is 11.6 Å². The number of rotatable bonds is 2. The Morgan fingerprint density at radius 1 is 1.20 bits per heavy atom. The third-order valence-corrected chi connectivity index (χ3v) is 2.85. The maximum Gasteiger partial charge on any atom is 0.433 e. The number of ketones is 1. The van der Waals surface area contributed by atoms with Crippen LogP contribution in [0.4, 0.5) is 13.2 Å². The van der Waals surface area contributed by atoms with Gasteiger partial charge in [-0.3, -0.25) is 9.78 Å². The van der Waals surface area contributed by atoms with Gasteiger partial charge in [-0.15, -0.1) is 0 Å². The largest absolute Gasteiger partial charge is 0.433 e. The first kappa shape index (κ1) is 14.5. The molecule has 0 spiro atoms. The van der Waals surface area contributed by atoms with E-state index in [0.717, 1.165) is 17.8 Å². The minimum Gasteiger partial charge on any atom is -0.288 e. The normalized spacial score (nSPS) is 11.4. The van der Waals surface area contributed by atoms with Gasteiger partial charge in [-0.25, -0.2) is 4.98 Å². The molecule has 0 aliphatic heterocycles. The van der Waals surface area contributed by atoms with Crippen molar-refractivity contribution in [1.29, 1.82) is 0 Å². The van der Waals surface area contributed by atoms with Crippen molar-refractivity contribution in [2.24, 2.45) is 0 Å². The van der Waals surface area contributed by atoms with Crippen LogP contribution < -0.4 is 0 Å². The van der Waals surface area contributed by atoms with Crippen molar-refractivity contribution < 1.29 is 18.0 Å². The smallest absolute Gasteiger partial charge is 0.288 e. The van der Waals surface area contributed by atoms with Gasteiger partial charge in [0.05, 0.1) is 5.56 Å². The third kappa shape index (κ3) is 2.96. The molecule has 0 aliphatic carbocycles. The Bertz CT molecular complexity index is 654. The first-order valence-electron chi connectivity index (χ1n) is 5.50. The molecule has 0 bridgehead atoms. The first-order valence-corrected chi connectivity index (χ1v) is 5.88. The minimum atomic E-state index is -4.60. The Morgan fingerprint density at radius 3 is 2.40 bits per heavy atom. The number of carbonyl (C=O) groups is 1. The number of pyridine rings is 2. The molecule has 20 heavy (non-hydrogen) atoms. The average Bonchev–Trinajstić information content (AvgIpc) is 2.37. The highest BCUT2D eigenvalue weighted by atomic mass is 35.5. The monoisotopic (exact) mass is 300 g/mol. The molecule has 0 N–H and O–H groups in total. The summed E-state index contributed by atoms with van der Waals surface area (Å²) in [6.07, 6.45) is -3.26. The Kier molecular flexibility index (Phi) is 3.76. The number of hydrogen-bond acceptors (Lipinski definition) is 3. The molecule has 0 fully saturated rings. The standard InChI is InChI=1S/C13H8ClF3N2O/c1-7-2-3-8(6-18-7)11(20)9-4-5-10(13(15,16)17)19-12(9)14/h2-6H,1H3. The van der Waals surface area contributed by atoms with E-state index < -0.39 is 22.8 Å². The maximum absolute atomic E-state index is 12.5. The van der Waals surface area contributed by atoms with Gasteiger partial charge in [0.2, 0.25) is 0 Å². The van der Waals surface area contributed by atoms with Crippen molar-refractivity contribution in [2.45, 2.75) is 13.1 Å². The SMILES string of the molecule is Cc1ccc(C(=O)c2ccc(C(F)(F)F)nc2Cl)cn1. The predicted octanol–water partition coefficient (Wildman–Crippen LogP) is 3.69. The second kappa shape index (κ2) is 5.20. The fraction of sp³-hybridized carbons (Fsp3) is 0.154. The van der Waals surface area contributed by atoms with E-state index in [0.29, 0.717) is 0 Å². The van der Waals surface area contributed by atoms with Gasteiger partial charge in [-0.2, -0.15) is 13.2 Å². The van der Waals surface area contributed by atoms with Crippen LogP contribution in [0.2, 0.25) is 5.15 Å². The van der Waals surface area contributed by atoms with Gasteiger partial charge in [-0.05, 0) is 31.2 Å². The minimum absolute atomic E-state index is 0.0923. The summed E-state index contributed by atoms with van der Waals surface area (Å²) in [5.41, 5.74) is -0.274. The zero-order chi connectivity index (χ0) is 14.9. The molecular weight excluding hydrogens is 293 g/mol. The molecule has 0 saturated carbocycles. The molecule has 2 rings (SSSR count). The van der Waals surface area contributed by atoms with E-state index in [1.165, 1.54) is 12.3 Å². The molecule has 7 heteroatoms. The average molecular weight is 301 g/mol. The topological polar surface area (TPSA) is 42.9 Å². The molecule has 0 atom stereocenters. The van der Waals surface area contributed by atoms with Crippen molar-refractivity contribution in [1.82, 2.24) is 9.97 Å². The zero-order valence-corrected chi connectivity index (χ0v) is 11.0. The van der Waals surface area contributed by atoms with Gasteiger partial charge in [0, 0.05) is 17.5 Å². The maximum atomic E-state index is 12.5. The number of aryl methyl sites for hydroxylation is 1. The number of aromatic nitrogens is 2. The Hall–Kier alpha value is -1.95. The van der Waals surface area contributed by atoms with Crippen LogP contribution in [0.5, 0.6) is 0 Å². The van der Waals surface area contributed by atoms with Crippen LogP contribution >= 0.6 is 11.6 Å². The molecule has 0 unspecified atom stereocenters. The molecule has 2 aromatic rings. The van der Waals surface area contributed by atoms with Crippen LogP contribution in [0, 0.1) is 6.92 Å². The van der Waals surface area contributed by atoms with Crippen LogP contribution in [0.1, 0.15) is 27.3 Å². The highest BCUT2D eigenvalue weighted by molar-refractivity contribution is 6.33. The molecule has 0 amide bonds. The highest BCUT2D eigenvalue weighted by Crippen LogP contribution is 2.29. The van der Waals surface area contributed by atoms with Crippen molar-refractivity contribution in [3.05, 3.63) is 58.1 Å². The fourth-order valence-corrected chi connectivity index (χ4v) is 1.76. The predicted molar refractivity (Wildman–Crippen MR) is 66.7 cm³/mol. The molecule has 2 aromatic heterocycles. The van der Waals surface area contributed by atoms with Crippen LogP contribution in [-0.4, -0.2) is 15.8 Å². The van der Waals surface area contributed by atoms with Gasteiger partial charge in [0.15, 0.2) is 5.78 Å². The van der Waals surface area contributed by atoms with E-state index in [2.05, 4.69) is 9.97 Å². The van der Waals surface area contributed by atoms with E-state index in [1.807, 2.05) is 0 Å². The van der Waals surface area contributed by atoms with Crippen molar-refractivity contribution in [3.63, 3.8) is 0 Å². The molecular formula is C13H8ClF3N2O. The molecule has 104 valence electrons. The van der Waals surface area contributed by atoms with Gasteiger partial charge in [0.25, 0.3) is 0 Å². The van der Waals surface area contributed by atoms with E-state index in [4.69, 9.17) is 11.6 Å². The molecule has 0 aromatic carbocycles. The fourth-order valence-electron chi connectivity index (χ4n) is 1.52. The summed E-state index contributed by atoms with van der Waals surface area (Å²) in [7, 11) is 0. The molecule has 0 radical (unpaired) electrons. The highest BCUT2D eigenvalue weighted by Gasteiger charge is 2.33. The summed E-state index contributed by atoms with van der Waals surface area (Å²) in [6, 6.07) is 4.89. The third-order valence-electron chi connectivity index (χ3n) is 2.56. The molecule has 2 heterocycles. The summed E-state index contributed by atoms with van der Waals surface area (Å²) < 4.78 is 37.4. The van der Waals surface area contributed by atoms with E-state index in [1.54, 1.807) is 13.0 Å². The van der Waals surface area contributed by atoms with Crippen LogP contribution in [-0.2, 0) is 6.18 Å². The summed E-state index contributed by atoms with van der Waals surface area (Å²) in [4.78, 5) is 19.2. The van der Waals surface area contributed by atoms with E-state index in [9.17, 15) is 18.0 Å². The van der Waals surface area contributed by atoms with Crippen LogP contribution in [0.3, 0.4) is 0 Å². The number of nitrogens with zero attached hydrogens (tertiary/aromatic N) is 2. The summed E-state index contributed by atoms with van der Waals surface area (Å²) in [6.45, 7) is 1.75. The lowest BCUT2D eigenvalue weighted by molar-refractivity contribution is -0.141. The second-order valence-corrected chi connectivity index (χ2v) is 4.41. The lowest BCUT2D eigenvalue weighted by atomic mass is 10.1. The zero-order valence-electron chi connectivity index (χ0n) is 10.2. The summed E-state index contributed by atoms with van der Waals surface area (Å²) >= 11 is 5.66. The van der Waals surface area contributed by atoms with Crippen molar-refractivity contribution in [2.75, 3.05) is 0 Å². The summed E-state index contributed by atoms with van der Waals surface area (Å²) in [5.74, 6) is -0.524. The lowest BCUT2D eigenvalue weighted by Gasteiger charge is -2.08. The Balaban J connectivity index is 2.38. The van der Waals surface area contributed by atoms with Crippen molar-refractivity contribution in [3.8, 4) is 0 Å². The van der Waals surface area contributed by atoms with Gasteiger partial charge < -0.3 is 0 Å². The number of alkyl halides is 3. The van der Waals surface area contributed by atoms with Crippen LogP contribution in [0.25, 0.3) is 0 Å². The quantitative estimate of drug-likeness (QED) is 0.627. The van der Waals surface area contributed by atoms with Crippen molar-refractivity contribution >= 4 is 17.4 Å². The molecule has 0 saturated heterocycles. The van der Waals surface area contributed by atoms with Crippen LogP contribution in [0.15, 0.2) is 30.5 Å². The number of halogens is 4. The number of hydrogen-bond donors (Lipinski definition) is 0. The van der Waals surface area contributed by atoms with E-state index in [-0.39, 0.29) is 11.1 Å². The van der Waals surface area contributed by atoms with E-state index >= 15 is 0 Å². The van der Waals surface area contributed by atoms with Gasteiger partial charge >= 0.3 is 6.18 Å². The second-order valence-electron chi connectivity index (χ2n) is 4.05. The van der Waals surface area contributed by atoms with Gasteiger partial charge in [0.1, 0.15) is 10.8 Å².